The summed E-state index contributed by atoms with van der Waals surface area (Å²) in [6, 6.07) is 12.9. The van der Waals surface area contributed by atoms with E-state index in [-0.39, 0.29) is 0 Å². The Labute approximate surface area is 186 Å². The molecule has 0 spiro atoms. The predicted molar refractivity (Wildman–Crippen MR) is 121 cm³/mol. The number of aromatic nitrogens is 2. The molecule has 1 aromatic carbocycles. The van der Waals surface area contributed by atoms with E-state index in [9.17, 15) is 5.26 Å². The van der Waals surface area contributed by atoms with Gasteiger partial charge in [0.1, 0.15) is 17.5 Å². The van der Waals surface area contributed by atoms with Crippen molar-refractivity contribution in [1.29, 1.82) is 5.26 Å². The van der Waals surface area contributed by atoms with Crippen molar-refractivity contribution in [2.75, 3.05) is 12.4 Å². The Hall–Kier alpha value is -3.29. The van der Waals surface area contributed by atoms with E-state index in [0.717, 1.165) is 15.1 Å². The third-order valence-corrected chi connectivity index (χ3v) is 5.81. The number of nitrogens with one attached hydrogen (secondary N) is 1. The van der Waals surface area contributed by atoms with E-state index in [1.54, 1.807) is 18.3 Å². The fraction of sp³-hybridized carbons (Fsp3) is 0.0455. The van der Waals surface area contributed by atoms with Crippen LogP contribution in [0.2, 0.25) is 10.0 Å². The highest BCUT2D eigenvalue weighted by molar-refractivity contribution is 7.20. The van der Waals surface area contributed by atoms with Gasteiger partial charge in [0.25, 0.3) is 0 Å². The summed E-state index contributed by atoms with van der Waals surface area (Å²) in [4.78, 5) is 9.40. The molecule has 0 fully saturated rings. The van der Waals surface area contributed by atoms with Gasteiger partial charge in [0.2, 0.25) is 0 Å². The molecular weight excluding hydrogens is 439 g/mol. The normalized spacial score (nSPS) is 10.2. The number of nitriles is 1. The van der Waals surface area contributed by atoms with Crippen LogP contribution in [-0.4, -0.2) is 17.1 Å². The minimum atomic E-state index is 0.388. The van der Waals surface area contributed by atoms with Crippen LogP contribution in [-0.2, 0) is 0 Å². The molecule has 0 aliphatic rings. The lowest BCUT2D eigenvalue weighted by atomic mass is 10.2. The van der Waals surface area contributed by atoms with Gasteiger partial charge < -0.3 is 10.1 Å². The number of nitrogens with zero attached hydrogens (tertiary/aromatic N) is 3. The molecule has 0 saturated carbocycles. The number of fused-ring (bicyclic) bond motifs is 1. The van der Waals surface area contributed by atoms with Crippen LogP contribution >= 0.6 is 34.5 Å². The molecule has 30 heavy (non-hydrogen) atoms. The maximum atomic E-state index is 9.59. The first-order chi connectivity index (χ1) is 14.6. The Kier molecular flexibility index (Phi) is 5.74. The van der Waals surface area contributed by atoms with Gasteiger partial charge in [-0.05, 0) is 36.1 Å². The number of ether oxygens (including phenoxy) is 1. The molecule has 0 aliphatic heterocycles. The summed E-state index contributed by atoms with van der Waals surface area (Å²) in [5.41, 5.74) is 2.96. The van der Waals surface area contributed by atoms with Crippen LogP contribution in [0.3, 0.4) is 0 Å². The quantitative estimate of drug-likeness (QED) is 0.386. The van der Waals surface area contributed by atoms with Gasteiger partial charge in [0, 0.05) is 18.5 Å². The number of anilines is 2. The van der Waals surface area contributed by atoms with Crippen molar-refractivity contribution in [1.82, 2.24) is 9.97 Å². The second kappa shape index (κ2) is 8.61. The summed E-state index contributed by atoms with van der Waals surface area (Å²) in [7, 11) is 1.52. The van der Waals surface area contributed by atoms with Crippen LogP contribution in [0, 0.1) is 23.2 Å². The minimum absolute atomic E-state index is 0.388. The third kappa shape index (κ3) is 4.03. The molecule has 0 bridgehead atoms. The Bertz CT molecular complexity index is 1350. The third-order valence-electron chi connectivity index (χ3n) is 4.14. The molecule has 0 radical (unpaired) electrons. The standard InChI is InChI=1S/C22H12Cl2N4OS/c1-29-20-10-18(16(23)9-17(20)24)28-21-13(11-25)12-27-19-8-15(30-22(19)21)6-5-14-4-2-3-7-26-14/h2-4,7-10,12H,1H3,(H,27,28). The second-order valence-corrected chi connectivity index (χ2v) is 7.91. The van der Waals surface area contributed by atoms with E-state index in [1.165, 1.54) is 24.6 Å². The topological polar surface area (TPSA) is 70.8 Å². The van der Waals surface area contributed by atoms with Crippen molar-refractivity contribution in [2.24, 2.45) is 0 Å². The Morgan fingerprint density at radius 3 is 2.70 bits per heavy atom. The fourth-order valence-electron chi connectivity index (χ4n) is 2.73. The van der Waals surface area contributed by atoms with Gasteiger partial charge in [-0.15, -0.1) is 11.3 Å². The summed E-state index contributed by atoms with van der Waals surface area (Å²) in [6.07, 6.45) is 3.22. The lowest BCUT2D eigenvalue weighted by molar-refractivity contribution is 0.415. The van der Waals surface area contributed by atoms with Crippen molar-refractivity contribution in [3.8, 4) is 23.7 Å². The maximum absolute atomic E-state index is 9.59. The molecule has 0 saturated heterocycles. The number of pyridine rings is 2. The molecule has 3 heterocycles. The zero-order chi connectivity index (χ0) is 21.1. The highest BCUT2D eigenvalue weighted by atomic mass is 35.5. The Morgan fingerprint density at radius 1 is 1.10 bits per heavy atom. The number of benzene rings is 1. The maximum Gasteiger partial charge on any atom is 0.139 e. The van der Waals surface area contributed by atoms with Gasteiger partial charge in [0.05, 0.1) is 49.2 Å². The number of halogens is 2. The molecule has 5 nitrogen and oxygen atoms in total. The van der Waals surface area contributed by atoms with Crippen molar-refractivity contribution < 1.29 is 4.74 Å². The molecule has 1 N–H and O–H groups in total. The van der Waals surface area contributed by atoms with Crippen molar-refractivity contribution in [3.63, 3.8) is 0 Å². The summed E-state index contributed by atoms with van der Waals surface area (Å²) in [6.45, 7) is 0. The van der Waals surface area contributed by atoms with E-state index in [4.69, 9.17) is 27.9 Å². The lowest BCUT2D eigenvalue weighted by Gasteiger charge is -2.13. The Morgan fingerprint density at radius 2 is 1.97 bits per heavy atom. The van der Waals surface area contributed by atoms with Crippen molar-refractivity contribution >= 4 is 56.1 Å². The monoisotopic (exact) mass is 450 g/mol. The largest absolute Gasteiger partial charge is 0.495 e. The first kappa shape index (κ1) is 20.0. The summed E-state index contributed by atoms with van der Waals surface area (Å²) >= 11 is 13.9. The van der Waals surface area contributed by atoms with Gasteiger partial charge in [-0.25, -0.2) is 4.98 Å². The molecule has 0 aliphatic carbocycles. The molecule has 4 rings (SSSR count). The number of hydrogen-bond acceptors (Lipinski definition) is 6. The van der Waals surface area contributed by atoms with Crippen LogP contribution in [0.15, 0.2) is 48.8 Å². The highest BCUT2D eigenvalue weighted by Gasteiger charge is 2.15. The molecule has 4 aromatic rings. The summed E-state index contributed by atoms with van der Waals surface area (Å²) < 4.78 is 6.07. The number of hydrogen-bond donors (Lipinski definition) is 1. The summed E-state index contributed by atoms with van der Waals surface area (Å²) in [5, 5.41) is 13.6. The van der Waals surface area contributed by atoms with Crippen LogP contribution < -0.4 is 10.1 Å². The van der Waals surface area contributed by atoms with Crippen molar-refractivity contribution in [3.05, 3.63) is 75.0 Å². The number of thiophene rings is 1. The van der Waals surface area contributed by atoms with E-state index in [1.807, 2.05) is 24.3 Å². The first-order valence-corrected chi connectivity index (χ1v) is 10.2. The molecule has 0 amide bonds. The lowest BCUT2D eigenvalue weighted by Crippen LogP contribution is -1.97. The van der Waals surface area contributed by atoms with Gasteiger partial charge in [-0.2, -0.15) is 5.26 Å². The number of rotatable bonds is 3. The van der Waals surface area contributed by atoms with Crippen LogP contribution in [0.25, 0.3) is 10.2 Å². The van der Waals surface area contributed by atoms with Crippen molar-refractivity contribution in [2.45, 2.75) is 0 Å². The van der Waals surface area contributed by atoms with E-state index >= 15 is 0 Å². The molecule has 0 atom stereocenters. The smallest absolute Gasteiger partial charge is 0.139 e. The molecule has 3 aromatic heterocycles. The average molecular weight is 451 g/mol. The predicted octanol–water partition coefficient (Wildman–Crippen LogP) is 6.02. The molecule has 146 valence electrons. The molecular formula is C22H12Cl2N4OS. The van der Waals surface area contributed by atoms with Crippen LogP contribution in [0.1, 0.15) is 16.1 Å². The van der Waals surface area contributed by atoms with Gasteiger partial charge >= 0.3 is 0 Å². The van der Waals surface area contributed by atoms with E-state index in [2.05, 4.69) is 33.2 Å². The molecule has 8 heteroatoms. The zero-order valence-electron chi connectivity index (χ0n) is 15.5. The van der Waals surface area contributed by atoms with Gasteiger partial charge in [-0.1, -0.05) is 29.3 Å². The molecule has 0 unspecified atom stereocenters. The first-order valence-electron chi connectivity index (χ1n) is 8.65. The fourth-order valence-corrected chi connectivity index (χ4v) is 4.21. The number of methoxy groups -OCH3 is 1. The van der Waals surface area contributed by atoms with Crippen LogP contribution in [0.4, 0.5) is 11.4 Å². The Balaban J connectivity index is 1.79. The summed E-state index contributed by atoms with van der Waals surface area (Å²) in [5.74, 6) is 6.61. The van der Waals surface area contributed by atoms with Gasteiger partial charge in [-0.3, -0.25) is 4.98 Å². The SMILES string of the molecule is COc1cc(Nc2c(C#N)cnc3cc(C#Cc4ccccn4)sc23)c(Cl)cc1Cl. The van der Waals surface area contributed by atoms with E-state index in [0.29, 0.717) is 38.4 Å². The minimum Gasteiger partial charge on any atom is -0.495 e. The van der Waals surface area contributed by atoms with Gasteiger partial charge in [0.15, 0.2) is 0 Å². The highest BCUT2D eigenvalue weighted by Crippen LogP contribution is 2.39. The zero-order valence-corrected chi connectivity index (χ0v) is 17.9. The van der Waals surface area contributed by atoms with Crippen LogP contribution in [0.5, 0.6) is 5.75 Å². The average Bonchev–Trinajstić information content (AvgIpc) is 3.18. The van der Waals surface area contributed by atoms with E-state index < -0.39 is 0 Å². The second-order valence-electron chi connectivity index (χ2n) is 6.04.